The van der Waals surface area contributed by atoms with Crippen LogP contribution in [0.5, 0.6) is 0 Å². The number of nitrogens with zero attached hydrogens (tertiary/aromatic N) is 5. The van der Waals surface area contributed by atoms with Crippen molar-refractivity contribution in [1.29, 1.82) is 0 Å². The molecule has 2 aromatic heterocycles. The number of ether oxygens (including phenoxy) is 1. The van der Waals surface area contributed by atoms with E-state index in [1.807, 2.05) is 51.2 Å². The molecule has 166 valence electrons. The van der Waals surface area contributed by atoms with Gasteiger partial charge in [0.05, 0.1) is 24.3 Å². The monoisotopic (exact) mass is 440 g/mol. The number of benzene rings is 1. The molecule has 1 N–H and O–H groups in total. The van der Waals surface area contributed by atoms with Gasteiger partial charge >= 0.3 is 0 Å². The Morgan fingerprint density at radius 3 is 2.71 bits per heavy atom. The van der Waals surface area contributed by atoms with Gasteiger partial charge in [-0.15, -0.1) is 11.3 Å². The summed E-state index contributed by atoms with van der Waals surface area (Å²) in [6.07, 6.45) is 0.0109. The lowest BCUT2D eigenvalue weighted by Gasteiger charge is -2.21. The Balaban J connectivity index is 1.83. The van der Waals surface area contributed by atoms with E-state index in [2.05, 4.69) is 34.7 Å². The van der Waals surface area contributed by atoms with Gasteiger partial charge in [-0.05, 0) is 31.5 Å². The molecule has 0 saturated carbocycles. The van der Waals surface area contributed by atoms with Crippen LogP contribution in [0.4, 0.5) is 5.82 Å². The molecule has 0 aliphatic rings. The Morgan fingerprint density at radius 1 is 1.23 bits per heavy atom. The molecule has 7 nitrogen and oxygen atoms in total. The van der Waals surface area contributed by atoms with Gasteiger partial charge in [-0.2, -0.15) is 0 Å². The van der Waals surface area contributed by atoms with Crippen molar-refractivity contribution in [2.75, 3.05) is 39.7 Å². The molecule has 0 radical (unpaired) electrons. The van der Waals surface area contributed by atoms with Crippen molar-refractivity contribution < 1.29 is 4.74 Å². The van der Waals surface area contributed by atoms with Gasteiger partial charge in [-0.25, -0.2) is 15.0 Å². The molecule has 3 aromatic rings. The summed E-state index contributed by atoms with van der Waals surface area (Å²) in [7, 11) is 7.76. The minimum atomic E-state index is 0.0109. The molecule has 1 atom stereocenters. The topological polar surface area (TPSA) is 65.9 Å². The molecule has 31 heavy (non-hydrogen) atoms. The van der Waals surface area contributed by atoms with Crippen molar-refractivity contribution >= 4 is 34.0 Å². The molecule has 1 unspecified atom stereocenters. The molecule has 0 amide bonds. The normalized spacial score (nSPS) is 12.8. The minimum Gasteiger partial charge on any atom is -0.375 e. The van der Waals surface area contributed by atoms with Crippen LogP contribution < -0.4 is 10.2 Å². The van der Waals surface area contributed by atoms with Crippen molar-refractivity contribution in [2.45, 2.75) is 33.0 Å². The molecular weight excluding hydrogens is 408 g/mol. The van der Waals surface area contributed by atoms with Crippen LogP contribution in [0.2, 0.25) is 0 Å². The third kappa shape index (κ3) is 5.71. The number of guanidine groups is 1. The van der Waals surface area contributed by atoms with E-state index in [9.17, 15) is 0 Å². The molecule has 8 heteroatoms. The first-order valence-electron chi connectivity index (χ1n) is 10.5. The van der Waals surface area contributed by atoms with Gasteiger partial charge in [0.1, 0.15) is 16.9 Å². The second-order valence-corrected chi connectivity index (χ2v) is 8.52. The number of methoxy groups -OCH3 is 1. The summed E-state index contributed by atoms with van der Waals surface area (Å²) < 4.78 is 5.38. The average Bonchev–Trinajstić information content (AvgIpc) is 3.23. The highest BCUT2D eigenvalue weighted by Crippen LogP contribution is 2.23. The largest absolute Gasteiger partial charge is 0.375 e. The maximum atomic E-state index is 5.38. The third-order valence-electron chi connectivity index (χ3n) is 5.01. The number of aromatic nitrogens is 2. The molecule has 1 aromatic carbocycles. The van der Waals surface area contributed by atoms with Crippen LogP contribution in [-0.4, -0.2) is 55.6 Å². The highest BCUT2D eigenvalue weighted by Gasteiger charge is 2.13. The van der Waals surface area contributed by atoms with Gasteiger partial charge < -0.3 is 19.9 Å². The number of pyridine rings is 1. The van der Waals surface area contributed by atoms with E-state index in [0.717, 1.165) is 45.5 Å². The Morgan fingerprint density at radius 2 is 2.00 bits per heavy atom. The fourth-order valence-corrected chi connectivity index (χ4v) is 4.06. The molecule has 0 spiro atoms. The van der Waals surface area contributed by atoms with E-state index in [4.69, 9.17) is 19.7 Å². The van der Waals surface area contributed by atoms with Crippen LogP contribution in [0, 0.1) is 0 Å². The molecule has 2 heterocycles. The zero-order chi connectivity index (χ0) is 22.4. The van der Waals surface area contributed by atoms with Gasteiger partial charge in [0.25, 0.3) is 0 Å². The number of thiazole rings is 1. The molecule has 0 fully saturated rings. The first kappa shape index (κ1) is 23.0. The first-order chi connectivity index (χ1) is 14.9. The van der Waals surface area contributed by atoms with Crippen LogP contribution >= 0.6 is 11.3 Å². The summed E-state index contributed by atoms with van der Waals surface area (Å²) in [6.45, 7) is 6.14. The van der Waals surface area contributed by atoms with E-state index < -0.39 is 0 Å². The maximum Gasteiger partial charge on any atom is 0.194 e. The average molecular weight is 441 g/mol. The predicted octanol–water partition coefficient (Wildman–Crippen LogP) is 4.06. The second-order valence-electron chi connectivity index (χ2n) is 7.63. The Bertz CT molecular complexity index is 1030. The highest BCUT2D eigenvalue weighted by molar-refractivity contribution is 7.09. The van der Waals surface area contributed by atoms with Crippen LogP contribution in [0.25, 0.3) is 10.9 Å². The lowest BCUT2D eigenvalue weighted by atomic mass is 10.1. The molecule has 3 rings (SSSR count). The number of hydrogen-bond donors (Lipinski definition) is 1. The third-order valence-corrected chi connectivity index (χ3v) is 6.07. The van der Waals surface area contributed by atoms with E-state index in [-0.39, 0.29) is 6.10 Å². The Kier molecular flexibility index (Phi) is 7.81. The van der Waals surface area contributed by atoms with Gasteiger partial charge in [0.15, 0.2) is 5.96 Å². The summed E-state index contributed by atoms with van der Waals surface area (Å²) >= 11 is 1.63. The number of fused-ring (bicyclic) bond motifs is 1. The molecule has 0 aliphatic carbocycles. The van der Waals surface area contributed by atoms with Crippen molar-refractivity contribution in [2.24, 2.45) is 4.99 Å². The van der Waals surface area contributed by atoms with E-state index in [0.29, 0.717) is 13.1 Å². The van der Waals surface area contributed by atoms with E-state index >= 15 is 0 Å². The predicted molar refractivity (Wildman–Crippen MR) is 130 cm³/mol. The van der Waals surface area contributed by atoms with E-state index in [1.165, 1.54) is 0 Å². The fourth-order valence-electron chi connectivity index (χ4n) is 3.22. The summed E-state index contributed by atoms with van der Waals surface area (Å²) in [6, 6.07) is 10.3. The SMILES string of the molecule is CCNC(=NCc1cc(N(C)C)nc2ccccc12)N(C)Cc1csc(C(C)OC)n1. The number of para-hydroxylation sites is 1. The zero-order valence-electron chi connectivity index (χ0n) is 19.2. The number of nitrogens with one attached hydrogen (secondary N) is 1. The minimum absolute atomic E-state index is 0.0109. The fraction of sp³-hybridized carbons (Fsp3) is 0.435. The lowest BCUT2D eigenvalue weighted by Crippen LogP contribution is -2.38. The number of hydrogen-bond acceptors (Lipinski definition) is 6. The second kappa shape index (κ2) is 10.5. The van der Waals surface area contributed by atoms with Gasteiger partial charge in [-0.1, -0.05) is 18.2 Å². The van der Waals surface area contributed by atoms with E-state index in [1.54, 1.807) is 18.4 Å². The van der Waals surface area contributed by atoms with Crippen LogP contribution in [0.15, 0.2) is 40.7 Å². The summed E-state index contributed by atoms with van der Waals surface area (Å²) in [5, 5.41) is 7.61. The van der Waals surface area contributed by atoms with Crippen molar-refractivity contribution in [3.63, 3.8) is 0 Å². The molecule has 0 saturated heterocycles. The molecular formula is C23H32N6OS. The zero-order valence-corrected chi connectivity index (χ0v) is 20.0. The lowest BCUT2D eigenvalue weighted by molar-refractivity contribution is 0.119. The van der Waals surface area contributed by atoms with Gasteiger partial charge in [0, 0.05) is 45.6 Å². The van der Waals surface area contributed by atoms with Crippen molar-refractivity contribution in [1.82, 2.24) is 20.2 Å². The van der Waals surface area contributed by atoms with Crippen molar-refractivity contribution in [3.05, 3.63) is 52.0 Å². The summed E-state index contributed by atoms with van der Waals surface area (Å²) in [5.41, 5.74) is 3.16. The quantitative estimate of drug-likeness (QED) is 0.421. The smallest absolute Gasteiger partial charge is 0.194 e. The van der Waals surface area contributed by atoms with Crippen molar-refractivity contribution in [3.8, 4) is 0 Å². The van der Waals surface area contributed by atoms with Crippen LogP contribution in [0.1, 0.15) is 36.2 Å². The van der Waals surface area contributed by atoms with Gasteiger partial charge in [-0.3, -0.25) is 0 Å². The van der Waals surface area contributed by atoms with Crippen LogP contribution in [0.3, 0.4) is 0 Å². The number of anilines is 1. The molecule has 0 aliphatic heterocycles. The number of aliphatic imine (C=N–C) groups is 1. The summed E-state index contributed by atoms with van der Waals surface area (Å²) in [4.78, 5) is 18.5. The summed E-state index contributed by atoms with van der Waals surface area (Å²) in [5.74, 6) is 1.79. The Labute approximate surface area is 188 Å². The Hall–Kier alpha value is -2.71. The van der Waals surface area contributed by atoms with Gasteiger partial charge in [0.2, 0.25) is 0 Å². The number of rotatable bonds is 8. The standard InChI is InChI=1S/C23H32N6OS/c1-7-24-23(29(5)14-18-15-31-22(26-18)16(2)30-6)25-13-17-12-21(28(3)4)27-20-11-9-8-10-19(17)20/h8-12,15-16H,7,13-14H2,1-6H3,(H,24,25). The maximum absolute atomic E-state index is 5.38. The molecule has 0 bridgehead atoms. The highest BCUT2D eigenvalue weighted by atomic mass is 32.1. The van der Waals surface area contributed by atoms with Crippen LogP contribution in [-0.2, 0) is 17.8 Å². The first-order valence-corrected chi connectivity index (χ1v) is 11.3.